The van der Waals surface area contributed by atoms with Crippen LogP contribution in [-0.4, -0.2) is 36.2 Å². The highest BCUT2D eigenvalue weighted by Gasteiger charge is 2.23. The van der Waals surface area contributed by atoms with Crippen LogP contribution >= 0.6 is 0 Å². The van der Waals surface area contributed by atoms with Crippen molar-refractivity contribution in [3.05, 3.63) is 12.7 Å². The van der Waals surface area contributed by atoms with E-state index in [1.165, 1.54) is 12.8 Å². The van der Waals surface area contributed by atoms with E-state index in [2.05, 4.69) is 11.9 Å². The van der Waals surface area contributed by atoms with Gasteiger partial charge in [0.15, 0.2) is 6.04 Å². The van der Waals surface area contributed by atoms with E-state index in [4.69, 9.17) is 9.84 Å². The van der Waals surface area contributed by atoms with Crippen LogP contribution in [0.4, 0.5) is 0 Å². The van der Waals surface area contributed by atoms with E-state index in [-0.39, 0.29) is 19.1 Å². The average Bonchev–Trinajstić information content (AvgIpc) is 2.80. The molecule has 0 aliphatic heterocycles. The Morgan fingerprint density at radius 1 is 1.44 bits per heavy atom. The molecule has 1 aliphatic rings. The van der Waals surface area contributed by atoms with Crippen molar-refractivity contribution in [2.45, 2.75) is 38.1 Å². The second kappa shape index (κ2) is 7.87. The Kier molecular flexibility index (Phi) is 6.43. The third-order valence-corrected chi connectivity index (χ3v) is 3.10. The number of carboxylic acids is 1. The smallest absolute Gasteiger partial charge is 0.328 e. The summed E-state index contributed by atoms with van der Waals surface area (Å²) >= 11 is 0. The standard InChI is InChI=1S/C13H21NO4/c1-2-7-18-9-11(13(16)17)14-12(15)8-10-5-3-4-6-10/h2,10-11H,1,3-9H2,(H,14,15)(H,16,17). The molecule has 0 heterocycles. The molecule has 0 spiro atoms. The molecule has 0 radical (unpaired) electrons. The van der Waals surface area contributed by atoms with Gasteiger partial charge in [-0.15, -0.1) is 6.58 Å². The highest BCUT2D eigenvalue weighted by Crippen LogP contribution is 2.27. The van der Waals surface area contributed by atoms with Crippen LogP contribution in [0.2, 0.25) is 0 Å². The first-order chi connectivity index (χ1) is 8.63. The molecule has 1 fully saturated rings. The number of rotatable bonds is 8. The van der Waals surface area contributed by atoms with E-state index in [1.807, 2.05) is 0 Å². The molecule has 1 saturated carbocycles. The van der Waals surface area contributed by atoms with E-state index in [9.17, 15) is 9.59 Å². The summed E-state index contributed by atoms with van der Waals surface area (Å²) in [6.45, 7) is 3.72. The molecule has 1 amide bonds. The Bertz CT molecular complexity index is 297. The minimum atomic E-state index is -1.07. The molecule has 0 saturated heterocycles. The first kappa shape index (κ1) is 14.7. The summed E-state index contributed by atoms with van der Waals surface area (Å²) in [6.07, 6.45) is 6.44. The van der Waals surface area contributed by atoms with Gasteiger partial charge >= 0.3 is 5.97 Å². The number of aliphatic carboxylic acids is 1. The van der Waals surface area contributed by atoms with Crippen molar-refractivity contribution in [3.63, 3.8) is 0 Å². The molecule has 1 unspecified atom stereocenters. The van der Waals surface area contributed by atoms with E-state index < -0.39 is 12.0 Å². The lowest BCUT2D eigenvalue weighted by atomic mass is 10.0. The van der Waals surface area contributed by atoms with Gasteiger partial charge in [-0.25, -0.2) is 4.79 Å². The number of hydrogen-bond donors (Lipinski definition) is 2. The van der Waals surface area contributed by atoms with Crippen molar-refractivity contribution in [1.29, 1.82) is 0 Å². The molecule has 1 rings (SSSR count). The number of carbonyl (C=O) groups is 2. The van der Waals surface area contributed by atoms with Gasteiger partial charge in [0, 0.05) is 6.42 Å². The van der Waals surface area contributed by atoms with Crippen molar-refractivity contribution in [2.24, 2.45) is 5.92 Å². The highest BCUT2D eigenvalue weighted by atomic mass is 16.5. The third-order valence-electron chi connectivity index (χ3n) is 3.10. The second-order valence-electron chi connectivity index (χ2n) is 4.64. The SMILES string of the molecule is C=CCOCC(NC(=O)CC1CCCC1)C(=O)O. The summed E-state index contributed by atoms with van der Waals surface area (Å²) in [5.41, 5.74) is 0. The van der Waals surface area contributed by atoms with Gasteiger partial charge in [0.05, 0.1) is 13.2 Å². The highest BCUT2D eigenvalue weighted by molar-refractivity contribution is 5.83. The molecule has 18 heavy (non-hydrogen) atoms. The lowest BCUT2D eigenvalue weighted by molar-refractivity contribution is -0.143. The molecule has 1 atom stereocenters. The second-order valence-corrected chi connectivity index (χ2v) is 4.64. The fourth-order valence-electron chi connectivity index (χ4n) is 2.17. The Morgan fingerprint density at radius 2 is 2.11 bits per heavy atom. The molecule has 0 aromatic rings. The largest absolute Gasteiger partial charge is 0.480 e. The Labute approximate surface area is 107 Å². The summed E-state index contributed by atoms with van der Waals surface area (Å²) in [7, 11) is 0. The van der Waals surface area contributed by atoms with Crippen LogP contribution < -0.4 is 5.32 Å². The Balaban J connectivity index is 2.31. The number of ether oxygens (including phenoxy) is 1. The van der Waals surface area contributed by atoms with Crippen molar-refractivity contribution >= 4 is 11.9 Å². The first-order valence-electron chi connectivity index (χ1n) is 6.34. The maximum Gasteiger partial charge on any atom is 0.328 e. The van der Waals surface area contributed by atoms with Crippen molar-refractivity contribution in [1.82, 2.24) is 5.32 Å². The van der Waals surface area contributed by atoms with Crippen LogP contribution in [0.5, 0.6) is 0 Å². The number of carbonyl (C=O) groups excluding carboxylic acids is 1. The predicted octanol–water partition coefficient (Wildman–Crippen LogP) is 1.34. The zero-order valence-electron chi connectivity index (χ0n) is 10.6. The van der Waals surface area contributed by atoms with Crippen LogP contribution in [0.25, 0.3) is 0 Å². The van der Waals surface area contributed by atoms with Crippen molar-refractivity contribution < 1.29 is 19.4 Å². The summed E-state index contributed by atoms with van der Waals surface area (Å²) in [4.78, 5) is 22.6. The van der Waals surface area contributed by atoms with Gasteiger partial charge in [-0.3, -0.25) is 4.79 Å². The lowest BCUT2D eigenvalue weighted by Gasteiger charge is -2.16. The fraction of sp³-hybridized carbons (Fsp3) is 0.692. The number of hydrogen-bond acceptors (Lipinski definition) is 3. The van der Waals surface area contributed by atoms with Crippen molar-refractivity contribution in [2.75, 3.05) is 13.2 Å². The van der Waals surface area contributed by atoms with E-state index in [1.54, 1.807) is 6.08 Å². The molecule has 5 heteroatoms. The minimum absolute atomic E-state index is 0.0300. The third kappa shape index (κ3) is 5.31. The minimum Gasteiger partial charge on any atom is -0.480 e. The zero-order chi connectivity index (χ0) is 13.4. The fourth-order valence-corrected chi connectivity index (χ4v) is 2.17. The van der Waals surface area contributed by atoms with Gasteiger partial charge in [0.2, 0.25) is 5.91 Å². The molecule has 102 valence electrons. The quantitative estimate of drug-likeness (QED) is 0.507. The van der Waals surface area contributed by atoms with Gasteiger partial charge in [-0.1, -0.05) is 18.9 Å². The molecule has 0 aromatic carbocycles. The summed E-state index contributed by atoms with van der Waals surface area (Å²) < 4.78 is 5.06. The molecule has 1 aliphatic carbocycles. The maximum atomic E-state index is 11.7. The molecule has 2 N–H and O–H groups in total. The average molecular weight is 255 g/mol. The van der Waals surface area contributed by atoms with Crippen LogP contribution in [0, 0.1) is 5.92 Å². The number of carboxylic acid groups (broad SMARTS) is 1. The summed E-state index contributed by atoms with van der Waals surface area (Å²) in [6, 6.07) is -0.973. The topological polar surface area (TPSA) is 75.6 Å². The monoisotopic (exact) mass is 255 g/mol. The van der Waals surface area contributed by atoms with Crippen LogP contribution in [0.3, 0.4) is 0 Å². The normalized spacial score (nSPS) is 17.3. The van der Waals surface area contributed by atoms with Crippen LogP contribution in [0.15, 0.2) is 12.7 Å². The summed E-state index contributed by atoms with van der Waals surface area (Å²) in [5, 5.41) is 11.5. The molecule has 5 nitrogen and oxygen atoms in total. The summed E-state index contributed by atoms with van der Waals surface area (Å²) in [5.74, 6) is -0.858. The molecular formula is C13H21NO4. The van der Waals surface area contributed by atoms with Gasteiger partial charge in [0.1, 0.15) is 0 Å². The van der Waals surface area contributed by atoms with Gasteiger partial charge in [0.25, 0.3) is 0 Å². The van der Waals surface area contributed by atoms with Crippen LogP contribution in [-0.2, 0) is 14.3 Å². The van der Waals surface area contributed by atoms with Crippen molar-refractivity contribution in [3.8, 4) is 0 Å². The van der Waals surface area contributed by atoms with Gasteiger partial charge < -0.3 is 15.2 Å². The molecule has 0 aromatic heterocycles. The Hall–Kier alpha value is -1.36. The van der Waals surface area contributed by atoms with E-state index in [0.717, 1.165) is 12.8 Å². The van der Waals surface area contributed by atoms with E-state index in [0.29, 0.717) is 12.3 Å². The van der Waals surface area contributed by atoms with Crippen LogP contribution in [0.1, 0.15) is 32.1 Å². The number of nitrogens with one attached hydrogen (secondary N) is 1. The van der Waals surface area contributed by atoms with E-state index >= 15 is 0 Å². The van der Waals surface area contributed by atoms with Gasteiger partial charge in [-0.2, -0.15) is 0 Å². The lowest BCUT2D eigenvalue weighted by Crippen LogP contribution is -2.44. The number of amides is 1. The van der Waals surface area contributed by atoms with Gasteiger partial charge in [-0.05, 0) is 18.8 Å². The molecule has 0 bridgehead atoms. The predicted molar refractivity (Wildman–Crippen MR) is 67.2 cm³/mol. The zero-order valence-corrected chi connectivity index (χ0v) is 10.6. The molecular weight excluding hydrogens is 234 g/mol. The first-order valence-corrected chi connectivity index (χ1v) is 6.34. The maximum absolute atomic E-state index is 11.7. The Morgan fingerprint density at radius 3 is 2.67 bits per heavy atom.